The molecule has 0 radical (unpaired) electrons. The largest absolute Gasteiger partial charge is 0.444 e. The predicted octanol–water partition coefficient (Wildman–Crippen LogP) is 3.73. The summed E-state index contributed by atoms with van der Waals surface area (Å²) in [5.74, 6) is 1.84. The lowest BCUT2D eigenvalue weighted by molar-refractivity contribution is 0.127. The molecule has 1 saturated heterocycles. The third kappa shape index (κ3) is 3.81. The molecular weight excluding hydrogens is 278 g/mol. The van der Waals surface area contributed by atoms with Gasteiger partial charge >= 0.3 is 6.03 Å². The number of hydrogen-bond donors (Lipinski definition) is 1. The fourth-order valence-corrected chi connectivity index (χ4v) is 3.35. The smallest absolute Gasteiger partial charge is 0.318 e. The molecule has 5 heteroatoms. The lowest BCUT2D eigenvalue weighted by atomic mass is 9.76. The van der Waals surface area contributed by atoms with Crippen LogP contribution in [0.2, 0.25) is 0 Å². The first-order valence-electron chi connectivity index (χ1n) is 8.06. The van der Waals surface area contributed by atoms with E-state index in [9.17, 15) is 4.79 Å². The summed E-state index contributed by atoms with van der Waals surface area (Å²) >= 11 is 0. The summed E-state index contributed by atoms with van der Waals surface area (Å²) in [6.07, 6.45) is 3.86. The van der Waals surface area contributed by atoms with Crippen molar-refractivity contribution in [1.82, 2.24) is 15.2 Å². The highest BCUT2D eigenvalue weighted by atomic mass is 16.4. The van der Waals surface area contributed by atoms with Crippen molar-refractivity contribution in [2.75, 3.05) is 6.54 Å². The van der Waals surface area contributed by atoms with Crippen LogP contribution in [0.5, 0.6) is 0 Å². The van der Waals surface area contributed by atoms with Crippen molar-refractivity contribution in [1.29, 1.82) is 0 Å². The Labute approximate surface area is 133 Å². The molecule has 0 aliphatic carbocycles. The van der Waals surface area contributed by atoms with Crippen molar-refractivity contribution in [3.63, 3.8) is 0 Å². The first-order valence-corrected chi connectivity index (χ1v) is 8.06. The van der Waals surface area contributed by atoms with Gasteiger partial charge in [-0.1, -0.05) is 20.8 Å². The van der Waals surface area contributed by atoms with Crippen LogP contribution in [-0.2, 0) is 6.54 Å². The molecule has 1 aromatic rings. The van der Waals surface area contributed by atoms with E-state index in [1.54, 1.807) is 13.1 Å². The van der Waals surface area contributed by atoms with Crippen LogP contribution in [0.25, 0.3) is 0 Å². The maximum Gasteiger partial charge on any atom is 0.318 e. The van der Waals surface area contributed by atoms with Gasteiger partial charge in [-0.2, -0.15) is 0 Å². The fourth-order valence-electron chi connectivity index (χ4n) is 3.35. The Hall–Kier alpha value is -1.52. The van der Waals surface area contributed by atoms with Gasteiger partial charge in [0.05, 0.1) is 12.7 Å². The van der Waals surface area contributed by atoms with Crippen LogP contribution in [0, 0.1) is 18.3 Å². The number of rotatable bonds is 3. The van der Waals surface area contributed by atoms with E-state index in [1.165, 1.54) is 0 Å². The van der Waals surface area contributed by atoms with Gasteiger partial charge in [0.25, 0.3) is 0 Å². The highest BCUT2D eigenvalue weighted by Crippen LogP contribution is 2.41. The van der Waals surface area contributed by atoms with E-state index >= 15 is 0 Å². The molecule has 5 nitrogen and oxygen atoms in total. The summed E-state index contributed by atoms with van der Waals surface area (Å²) in [5, 5.41) is 2.95. The number of hydrogen-bond acceptors (Lipinski definition) is 3. The molecule has 1 N–H and O–H groups in total. The second kappa shape index (κ2) is 5.94. The normalized spacial score (nSPS) is 21.2. The van der Waals surface area contributed by atoms with Crippen LogP contribution < -0.4 is 5.32 Å². The zero-order chi connectivity index (χ0) is 16.5. The number of likely N-dealkylation sites (tertiary alicyclic amines) is 1. The molecule has 1 aliphatic rings. The van der Waals surface area contributed by atoms with Gasteiger partial charge in [0.2, 0.25) is 0 Å². The number of carbonyl (C=O) groups is 1. The molecule has 1 aliphatic heterocycles. The molecular formula is C17H29N3O2. The van der Waals surface area contributed by atoms with Crippen molar-refractivity contribution in [2.45, 2.75) is 66.5 Å². The number of amides is 2. The van der Waals surface area contributed by atoms with Gasteiger partial charge in [-0.15, -0.1) is 0 Å². The van der Waals surface area contributed by atoms with Crippen LogP contribution in [-0.4, -0.2) is 28.0 Å². The number of aryl methyl sites for hydroxylation is 1. The first kappa shape index (κ1) is 16.8. The Morgan fingerprint density at radius 2 is 2.18 bits per heavy atom. The molecule has 0 bridgehead atoms. The Kier molecular flexibility index (Phi) is 4.54. The van der Waals surface area contributed by atoms with E-state index in [-0.39, 0.29) is 17.0 Å². The van der Waals surface area contributed by atoms with Gasteiger partial charge in [0.1, 0.15) is 5.76 Å². The second-order valence-corrected chi connectivity index (χ2v) is 8.06. The van der Waals surface area contributed by atoms with Crippen molar-refractivity contribution >= 4 is 6.03 Å². The predicted molar refractivity (Wildman–Crippen MR) is 86.4 cm³/mol. The van der Waals surface area contributed by atoms with Gasteiger partial charge in [-0.05, 0) is 38.0 Å². The molecule has 22 heavy (non-hydrogen) atoms. The van der Waals surface area contributed by atoms with Crippen LogP contribution in [0.4, 0.5) is 4.79 Å². The number of nitrogens with zero attached hydrogens (tertiary/aromatic N) is 2. The Balaban J connectivity index is 1.95. The number of nitrogens with one attached hydrogen (secondary N) is 1. The van der Waals surface area contributed by atoms with E-state index < -0.39 is 0 Å². The fraction of sp³-hybridized carbons (Fsp3) is 0.765. The lowest BCUT2D eigenvalue weighted by Gasteiger charge is -2.38. The summed E-state index contributed by atoms with van der Waals surface area (Å²) < 4.78 is 5.39. The number of oxazole rings is 1. The third-order valence-electron chi connectivity index (χ3n) is 4.58. The molecule has 2 rings (SSSR count). The van der Waals surface area contributed by atoms with Crippen molar-refractivity contribution < 1.29 is 9.21 Å². The molecule has 1 unspecified atom stereocenters. The number of carbonyl (C=O) groups excluding carboxylic acids is 1. The van der Waals surface area contributed by atoms with Crippen molar-refractivity contribution in [3.8, 4) is 0 Å². The van der Waals surface area contributed by atoms with E-state index in [2.05, 4.69) is 44.9 Å². The molecule has 0 spiro atoms. The minimum Gasteiger partial charge on any atom is -0.444 e. The lowest BCUT2D eigenvalue weighted by Crippen LogP contribution is -2.50. The zero-order valence-electron chi connectivity index (χ0n) is 14.7. The summed E-state index contributed by atoms with van der Waals surface area (Å²) in [6.45, 7) is 14.1. The van der Waals surface area contributed by atoms with E-state index in [1.807, 2.05) is 4.90 Å². The maximum absolute atomic E-state index is 12.5. The third-order valence-corrected chi connectivity index (χ3v) is 4.58. The first-order chi connectivity index (χ1) is 10.1. The molecule has 0 aromatic carbocycles. The van der Waals surface area contributed by atoms with Crippen LogP contribution in [0.15, 0.2) is 10.6 Å². The maximum atomic E-state index is 12.5. The molecule has 2 amide bonds. The van der Waals surface area contributed by atoms with Crippen molar-refractivity contribution in [2.24, 2.45) is 11.3 Å². The SMILES string of the molecule is Cc1ncc(CNC(=O)N2CCC(CC(C)(C)C)C2(C)C)o1. The second-order valence-electron chi connectivity index (χ2n) is 8.06. The van der Waals surface area contributed by atoms with E-state index in [0.717, 1.165) is 19.4 Å². The van der Waals surface area contributed by atoms with Gasteiger partial charge < -0.3 is 14.6 Å². The highest BCUT2D eigenvalue weighted by molar-refractivity contribution is 5.75. The Morgan fingerprint density at radius 1 is 1.50 bits per heavy atom. The topological polar surface area (TPSA) is 58.4 Å². The Bertz CT molecular complexity index is 528. The summed E-state index contributed by atoms with van der Waals surface area (Å²) in [6, 6.07) is -0.0181. The average Bonchev–Trinajstić information content (AvgIpc) is 2.90. The molecule has 1 aromatic heterocycles. The molecule has 124 valence electrons. The summed E-state index contributed by atoms with van der Waals surface area (Å²) in [7, 11) is 0. The Morgan fingerprint density at radius 3 is 2.73 bits per heavy atom. The minimum atomic E-state index is -0.116. The van der Waals surface area contributed by atoms with Gasteiger partial charge in [-0.25, -0.2) is 9.78 Å². The quantitative estimate of drug-likeness (QED) is 0.925. The van der Waals surface area contributed by atoms with Crippen LogP contribution in [0.3, 0.4) is 0 Å². The summed E-state index contributed by atoms with van der Waals surface area (Å²) in [4.78, 5) is 18.5. The van der Waals surface area contributed by atoms with E-state index in [0.29, 0.717) is 24.1 Å². The van der Waals surface area contributed by atoms with Crippen LogP contribution in [0.1, 0.15) is 59.1 Å². The zero-order valence-corrected chi connectivity index (χ0v) is 14.7. The monoisotopic (exact) mass is 307 g/mol. The molecule has 0 saturated carbocycles. The van der Waals surface area contributed by atoms with Crippen molar-refractivity contribution in [3.05, 3.63) is 17.8 Å². The van der Waals surface area contributed by atoms with Gasteiger partial charge in [0, 0.05) is 19.0 Å². The molecule has 1 fully saturated rings. The van der Waals surface area contributed by atoms with Crippen LogP contribution >= 0.6 is 0 Å². The molecule has 1 atom stereocenters. The molecule has 2 heterocycles. The highest BCUT2D eigenvalue weighted by Gasteiger charge is 2.44. The van der Waals surface area contributed by atoms with E-state index in [4.69, 9.17) is 4.42 Å². The minimum absolute atomic E-state index is 0.0181. The van der Waals surface area contributed by atoms with Gasteiger partial charge in [0.15, 0.2) is 5.89 Å². The number of urea groups is 1. The van der Waals surface area contributed by atoms with Gasteiger partial charge in [-0.3, -0.25) is 0 Å². The standard InChI is InChI=1S/C17H29N3O2/c1-12-18-10-14(22-12)11-19-15(21)20-8-7-13(17(20,5)6)9-16(2,3)4/h10,13H,7-9,11H2,1-6H3,(H,19,21). The number of aromatic nitrogens is 1. The average molecular weight is 307 g/mol. The summed E-state index contributed by atoms with van der Waals surface area (Å²) in [5.41, 5.74) is 0.167.